The van der Waals surface area contributed by atoms with E-state index in [1.807, 2.05) is 0 Å². The van der Waals surface area contributed by atoms with Gasteiger partial charge in [0, 0.05) is 20.3 Å². The second-order valence-corrected chi connectivity index (χ2v) is 4.62. The van der Waals surface area contributed by atoms with E-state index in [1.54, 1.807) is 7.11 Å². The molecule has 1 fully saturated rings. The molecule has 0 saturated carbocycles. The minimum atomic E-state index is 0.149. The predicted octanol–water partition coefficient (Wildman–Crippen LogP) is 0.792. The molecule has 2 N–H and O–H groups in total. The number of nitrogens with one attached hydrogen (secondary N) is 1. The van der Waals surface area contributed by atoms with Gasteiger partial charge in [0.05, 0.1) is 13.2 Å². The normalized spacial score (nSPS) is 19.9. The highest BCUT2D eigenvalue weighted by Gasteiger charge is 2.30. The highest BCUT2D eigenvalue weighted by molar-refractivity contribution is 4.83. The van der Waals surface area contributed by atoms with E-state index in [2.05, 4.69) is 5.32 Å². The largest absolute Gasteiger partial charge is 0.396 e. The van der Waals surface area contributed by atoms with Crippen LogP contribution >= 0.6 is 0 Å². The maximum absolute atomic E-state index is 9.49. The molecule has 0 aromatic heterocycles. The number of hydrogen-bond acceptors (Lipinski definition) is 4. The van der Waals surface area contributed by atoms with Gasteiger partial charge in [-0.25, -0.2) is 0 Å². The van der Waals surface area contributed by atoms with Crippen LogP contribution in [0.3, 0.4) is 0 Å². The maximum Gasteiger partial charge on any atom is 0.0700 e. The van der Waals surface area contributed by atoms with Gasteiger partial charge in [0.25, 0.3) is 0 Å². The molecule has 0 spiro atoms. The molecule has 1 saturated heterocycles. The standard InChI is InChI=1S/C12H25NO3/c1-15-9-10-16-8-2-3-12(11-14)4-6-13-7-5-12/h13-14H,2-11H2,1H3. The van der Waals surface area contributed by atoms with Crippen LogP contribution < -0.4 is 5.32 Å². The lowest BCUT2D eigenvalue weighted by Crippen LogP contribution is -2.39. The lowest BCUT2D eigenvalue weighted by Gasteiger charge is -2.36. The van der Waals surface area contributed by atoms with Crippen molar-refractivity contribution in [2.75, 3.05) is 46.6 Å². The molecule has 4 heteroatoms. The Bertz CT molecular complexity index is 170. The summed E-state index contributed by atoms with van der Waals surface area (Å²) in [4.78, 5) is 0. The van der Waals surface area contributed by atoms with Crippen molar-refractivity contribution in [2.45, 2.75) is 25.7 Å². The Hall–Kier alpha value is -0.160. The molecular formula is C12H25NO3. The summed E-state index contributed by atoms with van der Waals surface area (Å²) in [6, 6.07) is 0. The summed E-state index contributed by atoms with van der Waals surface area (Å²) in [6.07, 6.45) is 4.27. The summed E-state index contributed by atoms with van der Waals surface area (Å²) >= 11 is 0. The average molecular weight is 231 g/mol. The van der Waals surface area contributed by atoms with Crippen LogP contribution in [0.25, 0.3) is 0 Å². The van der Waals surface area contributed by atoms with E-state index in [4.69, 9.17) is 9.47 Å². The van der Waals surface area contributed by atoms with Crippen LogP contribution in [0, 0.1) is 5.41 Å². The number of methoxy groups -OCH3 is 1. The Morgan fingerprint density at radius 1 is 1.19 bits per heavy atom. The van der Waals surface area contributed by atoms with Gasteiger partial charge in [-0.3, -0.25) is 0 Å². The number of ether oxygens (including phenoxy) is 2. The highest BCUT2D eigenvalue weighted by Crippen LogP contribution is 2.33. The Labute approximate surface area is 98.3 Å². The molecule has 0 radical (unpaired) electrons. The van der Waals surface area contributed by atoms with Crippen LogP contribution in [-0.4, -0.2) is 51.7 Å². The Kier molecular flexibility index (Phi) is 6.96. The second kappa shape index (κ2) is 8.01. The van der Waals surface area contributed by atoms with Crippen molar-refractivity contribution in [1.82, 2.24) is 5.32 Å². The molecule has 1 aliphatic heterocycles. The fourth-order valence-corrected chi connectivity index (χ4v) is 2.24. The fraction of sp³-hybridized carbons (Fsp3) is 1.00. The second-order valence-electron chi connectivity index (χ2n) is 4.62. The summed E-state index contributed by atoms with van der Waals surface area (Å²) in [7, 11) is 1.68. The van der Waals surface area contributed by atoms with Crippen LogP contribution in [0.1, 0.15) is 25.7 Å². The number of piperidine rings is 1. The Morgan fingerprint density at radius 2 is 1.94 bits per heavy atom. The van der Waals surface area contributed by atoms with Crippen LogP contribution in [-0.2, 0) is 9.47 Å². The first-order valence-corrected chi connectivity index (χ1v) is 6.21. The molecule has 96 valence electrons. The van der Waals surface area contributed by atoms with E-state index in [-0.39, 0.29) is 5.41 Å². The quantitative estimate of drug-likeness (QED) is 0.607. The van der Waals surface area contributed by atoms with Crippen molar-refractivity contribution in [3.05, 3.63) is 0 Å². The van der Waals surface area contributed by atoms with Crippen LogP contribution in [0.2, 0.25) is 0 Å². The Balaban J connectivity index is 2.08. The van der Waals surface area contributed by atoms with Gasteiger partial charge in [-0.05, 0) is 44.2 Å². The molecule has 0 unspecified atom stereocenters. The lowest BCUT2D eigenvalue weighted by atomic mass is 9.76. The van der Waals surface area contributed by atoms with E-state index in [0.717, 1.165) is 45.4 Å². The molecule has 1 rings (SSSR count). The summed E-state index contributed by atoms with van der Waals surface area (Å²) in [5.74, 6) is 0. The third-order valence-corrected chi connectivity index (χ3v) is 3.43. The topological polar surface area (TPSA) is 50.7 Å². The third-order valence-electron chi connectivity index (χ3n) is 3.43. The molecule has 0 amide bonds. The predicted molar refractivity (Wildman–Crippen MR) is 63.6 cm³/mol. The van der Waals surface area contributed by atoms with E-state index < -0.39 is 0 Å². The smallest absolute Gasteiger partial charge is 0.0700 e. The molecule has 0 aromatic carbocycles. The van der Waals surface area contributed by atoms with Gasteiger partial charge in [-0.1, -0.05) is 0 Å². The summed E-state index contributed by atoms with van der Waals surface area (Å²) < 4.78 is 10.3. The number of aliphatic hydroxyl groups excluding tert-OH is 1. The summed E-state index contributed by atoms with van der Waals surface area (Å²) in [5.41, 5.74) is 0.149. The minimum Gasteiger partial charge on any atom is -0.396 e. The summed E-state index contributed by atoms with van der Waals surface area (Å²) in [5, 5.41) is 12.8. The first kappa shape index (κ1) is 13.9. The molecule has 1 heterocycles. The average Bonchev–Trinajstić information content (AvgIpc) is 2.35. The van der Waals surface area contributed by atoms with Gasteiger partial charge in [0.1, 0.15) is 0 Å². The van der Waals surface area contributed by atoms with Crippen molar-refractivity contribution < 1.29 is 14.6 Å². The van der Waals surface area contributed by atoms with Gasteiger partial charge in [-0.2, -0.15) is 0 Å². The molecular weight excluding hydrogens is 206 g/mol. The number of rotatable bonds is 8. The fourth-order valence-electron chi connectivity index (χ4n) is 2.24. The molecule has 0 aromatic rings. The monoisotopic (exact) mass is 231 g/mol. The van der Waals surface area contributed by atoms with Gasteiger partial charge >= 0.3 is 0 Å². The zero-order valence-corrected chi connectivity index (χ0v) is 10.3. The summed E-state index contributed by atoms with van der Waals surface area (Å²) in [6.45, 7) is 4.49. The SMILES string of the molecule is COCCOCCCC1(CO)CCNCC1. The van der Waals surface area contributed by atoms with E-state index in [1.165, 1.54) is 0 Å². The Morgan fingerprint density at radius 3 is 2.56 bits per heavy atom. The third kappa shape index (κ3) is 4.78. The highest BCUT2D eigenvalue weighted by atomic mass is 16.5. The van der Waals surface area contributed by atoms with Gasteiger partial charge in [0.2, 0.25) is 0 Å². The van der Waals surface area contributed by atoms with E-state index >= 15 is 0 Å². The first-order chi connectivity index (χ1) is 7.83. The molecule has 0 bridgehead atoms. The zero-order chi connectivity index (χ0) is 11.7. The van der Waals surface area contributed by atoms with Crippen LogP contribution in [0.4, 0.5) is 0 Å². The number of aliphatic hydroxyl groups is 1. The van der Waals surface area contributed by atoms with Crippen molar-refractivity contribution in [3.63, 3.8) is 0 Å². The molecule has 0 atom stereocenters. The minimum absolute atomic E-state index is 0.149. The zero-order valence-electron chi connectivity index (χ0n) is 10.3. The lowest BCUT2D eigenvalue weighted by molar-refractivity contribution is 0.0447. The molecule has 4 nitrogen and oxygen atoms in total. The van der Waals surface area contributed by atoms with Crippen molar-refractivity contribution in [3.8, 4) is 0 Å². The van der Waals surface area contributed by atoms with Crippen molar-refractivity contribution in [1.29, 1.82) is 0 Å². The van der Waals surface area contributed by atoms with E-state index in [0.29, 0.717) is 19.8 Å². The van der Waals surface area contributed by atoms with Gasteiger partial charge in [-0.15, -0.1) is 0 Å². The van der Waals surface area contributed by atoms with Gasteiger partial charge in [0.15, 0.2) is 0 Å². The first-order valence-electron chi connectivity index (χ1n) is 6.21. The molecule has 1 aliphatic rings. The molecule has 16 heavy (non-hydrogen) atoms. The maximum atomic E-state index is 9.49. The molecule has 0 aliphatic carbocycles. The number of hydrogen-bond donors (Lipinski definition) is 2. The van der Waals surface area contributed by atoms with E-state index in [9.17, 15) is 5.11 Å². The van der Waals surface area contributed by atoms with Crippen molar-refractivity contribution in [2.24, 2.45) is 5.41 Å². The van der Waals surface area contributed by atoms with Gasteiger partial charge < -0.3 is 19.9 Å². The van der Waals surface area contributed by atoms with Crippen LogP contribution in [0.15, 0.2) is 0 Å². The van der Waals surface area contributed by atoms with Crippen LogP contribution in [0.5, 0.6) is 0 Å². The van der Waals surface area contributed by atoms with Crippen molar-refractivity contribution >= 4 is 0 Å².